The van der Waals surface area contributed by atoms with Gasteiger partial charge in [-0.3, -0.25) is 0 Å². The summed E-state index contributed by atoms with van der Waals surface area (Å²) in [6, 6.07) is 14.6. The number of aromatic nitrogens is 2. The quantitative estimate of drug-likeness (QED) is 0.665. The molecule has 3 rings (SSSR count). The number of hydrogen-bond donors (Lipinski definition) is 2. The SMILES string of the molecule is Nc1cc(-c2ccccc2)nn1C(Cc1ccc(OC(F)(F)F)cc1)C(=O)O. The van der Waals surface area contributed by atoms with Gasteiger partial charge in [0, 0.05) is 18.1 Å². The Morgan fingerprint density at radius 1 is 1.14 bits per heavy atom. The van der Waals surface area contributed by atoms with Crippen LogP contribution in [0.25, 0.3) is 11.3 Å². The maximum atomic E-state index is 12.2. The van der Waals surface area contributed by atoms with Gasteiger partial charge in [0.1, 0.15) is 11.6 Å². The summed E-state index contributed by atoms with van der Waals surface area (Å²) in [6.07, 6.45) is -4.80. The fourth-order valence-corrected chi connectivity index (χ4v) is 2.74. The number of nitrogens with zero attached hydrogens (tertiary/aromatic N) is 2. The zero-order valence-corrected chi connectivity index (χ0v) is 14.4. The molecule has 0 saturated carbocycles. The van der Waals surface area contributed by atoms with Crippen LogP contribution in [0, 0.1) is 0 Å². The molecule has 2 aromatic carbocycles. The number of nitrogens with two attached hydrogens (primary N) is 1. The fourth-order valence-electron chi connectivity index (χ4n) is 2.74. The highest BCUT2D eigenvalue weighted by Crippen LogP contribution is 2.27. The van der Waals surface area contributed by atoms with Crippen LogP contribution in [0.3, 0.4) is 0 Å². The zero-order chi connectivity index (χ0) is 20.3. The number of benzene rings is 2. The van der Waals surface area contributed by atoms with Gasteiger partial charge in [-0.1, -0.05) is 42.5 Å². The molecule has 1 unspecified atom stereocenters. The van der Waals surface area contributed by atoms with Crippen LogP contribution in [0.2, 0.25) is 0 Å². The minimum atomic E-state index is -4.79. The van der Waals surface area contributed by atoms with Crippen LogP contribution in [0.4, 0.5) is 19.0 Å². The molecule has 0 saturated heterocycles. The van der Waals surface area contributed by atoms with Gasteiger partial charge in [-0.15, -0.1) is 13.2 Å². The molecule has 6 nitrogen and oxygen atoms in total. The van der Waals surface area contributed by atoms with Crippen molar-refractivity contribution in [3.63, 3.8) is 0 Å². The lowest BCUT2D eigenvalue weighted by atomic mass is 10.1. The van der Waals surface area contributed by atoms with E-state index in [1.54, 1.807) is 6.07 Å². The number of halogens is 3. The number of alkyl halides is 3. The number of hydrogen-bond acceptors (Lipinski definition) is 4. The molecular weight excluding hydrogens is 375 g/mol. The van der Waals surface area contributed by atoms with E-state index in [1.165, 1.54) is 16.8 Å². The molecule has 0 aliphatic heterocycles. The van der Waals surface area contributed by atoms with Crippen LogP contribution < -0.4 is 10.5 Å². The molecular formula is C19H16F3N3O3. The summed E-state index contributed by atoms with van der Waals surface area (Å²) in [5, 5.41) is 13.9. The van der Waals surface area contributed by atoms with Crippen LogP contribution in [-0.2, 0) is 11.2 Å². The lowest BCUT2D eigenvalue weighted by molar-refractivity contribution is -0.274. The predicted molar refractivity (Wildman–Crippen MR) is 95.6 cm³/mol. The van der Waals surface area contributed by atoms with Crippen LogP contribution in [0.15, 0.2) is 60.7 Å². The number of aliphatic carboxylic acids is 1. The van der Waals surface area contributed by atoms with E-state index in [1.807, 2.05) is 30.3 Å². The first-order chi connectivity index (χ1) is 13.2. The Bertz CT molecular complexity index is 954. The highest BCUT2D eigenvalue weighted by atomic mass is 19.4. The molecule has 9 heteroatoms. The Hall–Kier alpha value is -3.49. The second kappa shape index (κ2) is 7.63. The van der Waals surface area contributed by atoms with Crippen LogP contribution in [0.5, 0.6) is 5.75 Å². The van der Waals surface area contributed by atoms with Crippen molar-refractivity contribution in [3.05, 3.63) is 66.2 Å². The standard InChI is InChI=1S/C19H16F3N3O3/c20-19(21,22)28-14-8-6-12(7-9-14)10-16(18(26)27)25-17(23)11-15(24-25)13-4-2-1-3-5-13/h1-9,11,16H,10,23H2,(H,26,27). The molecule has 3 aromatic rings. The van der Waals surface area contributed by atoms with Gasteiger partial charge < -0.3 is 15.6 Å². The van der Waals surface area contributed by atoms with Crippen molar-refractivity contribution in [3.8, 4) is 17.0 Å². The van der Waals surface area contributed by atoms with Gasteiger partial charge in [0.25, 0.3) is 0 Å². The van der Waals surface area contributed by atoms with Crippen molar-refractivity contribution < 1.29 is 27.8 Å². The maximum Gasteiger partial charge on any atom is 0.573 e. The minimum Gasteiger partial charge on any atom is -0.480 e. The monoisotopic (exact) mass is 391 g/mol. The maximum absolute atomic E-state index is 12.2. The van der Waals surface area contributed by atoms with Gasteiger partial charge in [0.2, 0.25) is 0 Å². The third kappa shape index (κ3) is 4.61. The summed E-state index contributed by atoms with van der Waals surface area (Å²) in [7, 11) is 0. The summed E-state index contributed by atoms with van der Waals surface area (Å²) < 4.78 is 41.7. The normalized spacial score (nSPS) is 12.5. The van der Waals surface area contributed by atoms with Crippen LogP contribution in [0.1, 0.15) is 11.6 Å². The first kappa shape index (κ1) is 19.3. The lowest BCUT2D eigenvalue weighted by Crippen LogP contribution is -2.24. The lowest BCUT2D eigenvalue weighted by Gasteiger charge is -2.15. The Morgan fingerprint density at radius 2 is 1.79 bits per heavy atom. The third-order valence-electron chi connectivity index (χ3n) is 4.00. The molecule has 0 radical (unpaired) electrons. The van der Waals surface area contributed by atoms with Crippen molar-refractivity contribution in [1.29, 1.82) is 0 Å². The number of rotatable bonds is 6. The number of nitrogen functional groups attached to an aromatic ring is 1. The first-order valence-electron chi connectivity index (χ1n) is 8.21. The highest BCUT2D eigenvalue weighted by Gasteiger charge is 2.31. The average molecular weight is 391 g/mol. The Balaban J connectivity index is 1.83. The second-order valence-corrected chi connectivity index (χ2v) is 6.01. The van der Waals surface area contributed by atoms with Crippen LogP contribution in [-0.4, -0.2) is 27.2 Å². The minimum absolute atomic E-state index is 0.0122. The van der Waals surface area contributed by atoms with Gasteiger partial charge in [-0.25, -0.2) is 9.48 Å². The molecule has 0 amide bonds. The smallest absolute Gasteiger partial charge is 0.480 e. The molecule has 28 heavy (non-hydrogen) atoms. The van der Waals surface area contributed by atoms with Crippen molar-refractivity contribution in [2.24, 2.45) is 0 Å². The zero-order valence-electron chi connectivity index (χ0n) is 14.4. The second-order valence-electron chi connectivity index (χ2n) is 6.01. The molecule has 0 aliphatic carbocycles. The Kier molecular flexibility index (Phi) is 5.25. The van der Waals surface area contributed by atoms with Gasteiger partial charge in [-0.2, -0.15) is 5.10 Å². The molecule has 1 atom stereocenters. The number of anilines is 1. The van der Waals surface area contributed by atoms with E-state index in [9.17, 15) is 23.1 Å². The number of carbonyl (C=O) groups is 1. The molecule has 3 N–H and O–H groups in total. The van der Waals surface area contributed by atoms with Gasteiger partial charge in [0.15, 0.2) is 6.04 Å². The Morgan fingerprint density at radius 3 is 2.36 bits per heavy atom. The molecule has 0 bridgehead atoms. The number of carboxylic acid groups (broad SMARTS) is 1. The Labute approximate surface area is 158 Å². The van der Waals surface area contributed by atoms with Crippen molar-refractivity contribution in [2.75, 3.05) is 5.73 Å². The van der Waals surface area contributed by atoms with E-state index in [0.29, 0.717) is 11.3 Å². The predicted octanol–water partition coefficient (Wildman–Crippen LogP) is 3.90. The number of carboxylic acids is 1. The molecule has 146 valence electrons. The van der Waals surface area contributed by atoms with E-state index in [-0.39, 0.29) is 18.0 Å². The van der Waals surface area contributed by atoms with Crippen LogP contribution >= 0.6 is 0 Å². The van der Waals surface area contributed by atoms with E-state index in [4.69, 9.17) is 5.73 Å². The molecule has 1 heterocycles. The van der Waals surface area contributed by atoms with E-state index < -0.39 is 18.4 Å². The van der Waals surface area contributed by atoms with E-state index >= 15 is 0 Å². The largest absolute Gasteiger partial charge is 0.573 e. The number of ether oxygens (including phenoxy) is 1. The fraction of sp³-hybridized carbons (Fsp3) is 0.158. The van der Waals surface area contributed by atoms with Gasteiger partial charge >= 0.3 is 12.3 Å². The van der Waals surface area contributed by atoms with Crippen molar-refractivity contribution in [1.82, 2.24) is 9.78 Å². The van der Waals surface area contributed by atoms with Gasteiger partial charge in [-0.05, 0) is 17.7 Å². The summed E-state index contributed by atoms with van der Waals surface area (Å²) in [4.78, 5) is 11.8. The average Bonchev–Trinajstić information content (AvgIpc) is 3.02. The summed E-state index contributed by atoms with van der Waals surface area (Å²) in [6.45, 7) is 0. The molecule has 1 aromatic heterocycles. The first-order valence-corrected chi connectivity index (χ1v) is 8.21. The van der Waals surface area contributed by atoms with Gasteiger partial charge in [0.05, 0.1) is 5.69 Å². The van der Waals surface area contributed by atoms with Crippen molar-refractivity contribution in [2.45, 2.75) is 18.8 Å². The highest BCUT2D eigenvalue weighted by molar-refractivity contribution is 5.73. The van der Waals surface area contributed by atoms with E-state index in [2.05, 4.69) is 9.84 Å². The van der Waals surface area contributed by atoms with E-state index in [0.717, 1.165) is 17.7 Å². The summed E-state index contributed by atoms with van der Waals surface area (Å²) in [5.41, 5.74) is 7.76. The molecule has 0 fully saturated rings. The van der Waals surface area contributed by atoms with Crippen molar-refractivity contribution >= 4 is 11.8 Å². The topological polar surface area (TPSA) is 90.4 Å². The molecule has 0 spiro atoms. The summed E-state index contributed by atoms with van der Waals surface area (Å²) in [5.74, 6) is -1.37. The summed E-state index contributed by atoms with van der Waals surface area (Å²) >= 11 is 0. The third-order valence-corrected chi connectivity index (χ3v) is 4.00. The molecule has 0 aliphatic rings.